The molecule has 0 amide bonds. The largest absolute Gasteiger partial charge is 0.491 e. The first-order valence-electron chi connectivity index (χ1n) is 7.25. The van der Waals surface area contributed by atoms with Crippen LogP contribution in [-0.2, 0) is 4.74 Å². The molecule has 0 saturated carbocycles. The summed E-state index contributed by atoms with van der Waals surface area (Å²) in [6.07, 6.45) is 0.841. The van der Waals surface area contributed by atoms with Crippen LogP contribution in [0.2, 0.25) is 0 Å². The lowest BCUT2D eigenvalue weighted by molar-refractivity contribution is 0.0149. The van der Waals surface area contributed by atoms with Crippen molar-refractivity contribution < 1.29 is 14.6 Å². The summed E-state index contributed by atoms with van der Waals surface area (Å²) in [5.74, 6) is 0.858. The standard InChI is InChI=1S/C16H27NO3/c1-4-17-16(3,13-18)12-14(2)19-10-11-20-15-8-6-5-7-9-15/h5-9,14,17-18H,4,10-13H2,1-3H3. The maximum atomic E-state index is 9.44. The highest BCUT2D eigenvalue weighted by molar-refractivity contribution is 5.20. The van der Waals surface area contributed by atoms with E-state index in [4.69, 9.17) is 9.47 Å². The smallest absolute Gasteiger partial charge is 0.119 e. The normalized spacial score (nSPS) is 15.6. The first kappa shape index (κ1) is 17.0. The summed E-state index contributed by atoms with van der Waals surface area (Å²) in [7, 11) is 0. The third kappa shape index (κ3) is 6.37. The molecule has 0 fully saturated rings. The molecule has 114 valence electrons. The number of para-hydroxylation sites is 1. The Morgan fingerprint density at radius 1 is 1.25 bits per heavy atom. The number of rotatable bonds is 10. The highest BCUT2D eigenvalue weighted by Crippen LogP contribution is 2.14. The van der Waals surface area contributed by atoms with Gasteiger partial charge in [-0.25, -0.2) is 0 Å². The van der Waals surface area contributed by atoms with Crippen molar-refractivity contribution in [1.82, 2.24) is 5.32 Å². The number of ether oxygens (including phenoxy) is 2. The lowest BCUT2D eigenvalue weighted by Crippen LogP contribution is -2.48. The summed E-state index contributed by atoms with van der Waals surface area (Å²) < 4.78 is 11.3. The Bertz CT molecular complexity index is 358. The van der Waals surface area contributed by atoms with E-state index in [1.165, 1.54) is 0 Å². The van der Waals surface area contributed by atoms with Crippen LogP contribution in [0.5, 0.6) is 5.75 Å². The van der Waals surface area contributed by atoms with Gasteiger partial charge in [0.1, 0.15) is 12.4 Å². The van der Waals surface area contributed by atoms with Crippen molar-refractivity contribution in [2.45, 2.75) is 38.8 Å². The van der Waals surface area contributed by atoms with E-state index in [2.05, 4.69) is 5.32 Å². The minimum atomic E-state index is -0.283. The van der Waals surface area contributed by atoms with Gasteiger partial charge in [0.25, 0.3) is 0 Å². The summed E-state index contributed by atoms with van der Waals surface area (Å²) in [4.78, 5) is 0. The van der Waals surface area contributed by atoms with E-state index < -0.39 is 0 Å². The summed E-state index contributed by atoms with van der Waals surface area (Å²) in [6, 6.07) is 9.71. The van der Waals surface area contributed by atoms with Crippen molar-refractivity contribution in [2.75, 3.05) is 26.4 Å². The van der Waals surface area contributed by atoms with Crippen LogP contribution in [0.25, 0.3) is 0 Å². The molecule has 1 aromatic rings. The fraction of sp³-hybridized carbons (Fsp3) is 0.625. The van der Waals surface area contributed by atoms with Gasteiger partial charge in [0.05, 0.1) is 19.3 Å². The molecule has 0 aliphatic carbocycles. The number of benzene rings is 1. The van der Waals surface area contributed by atoms with Crippen molar-refractivity contribution >= 4 is 0 Å². The number of hydrogen-bond acceptors (Lipinski definition) is 4. The second-order valence-electron chi connectivity index (χ2n) is 5.30. The van der Waals surface area contributed by atoms with Gasteiger partial charge in [-0.2, -0.15) is 0 Å². The van der Waals surface area contributed by atoms with Crippen molar-refractivity contribution in [3.63, 3.8) is 0 Å². The van der Waals surface area contributed by atoms with Gasteiger partial charge in [0.2, 0.25) is 0 Å². The average molecular weight is 281 g/mol. The van der Waals surface area contributed by atoms with Crippen LogP contribution >= 0.6 is 0 Å². The summed E-state index contributed by atoms with van der Waals surface area (Å²) in [5, 5.41) is 12.7. The van der Waals surface area contributed by atoms with Crippen molar-refractivity contribution in [3.05, 3.63) is 30.3 Å². The third-order valence-electron chi connectivity index (χ3n) is 3.19. The zero-order valence-corrected chi connectivity index (χ0v) is 12.8. The predicted octanol–water partition coefficient (Wildman–Crippen LogP) is 2.22. The SMILES string of the molecule is CCNC(C)(CO)CC(C)OCCOc1ccccc1. The minimum Gasteiger partial charge on any atom is -0.491 e. The Labute approximate surface area is 122 Å². The molecule has 0 bridgehead atoms. The summed E-state index contributed by atoms with van der Waals surface area (Å²) in [5.41, 5.74) is -0.283. The van der Waals surface area contributed by atoms with E-state index in [-0.39, 0.29) is 18.2 Å². The molecule has 0 saturated heterocycles. The molecular formula is C16H27NO3. The van der Waals surface area contributed by atoms with Crippen LogP contribution in [0.15, 0.2) is 30.3 Å². The van der Waals surface area contributed by atoms with E-state index in [0.717, 1.165) is 18.7 Å². The van der Waals surface area contributed by atoms with E-state index in [1.807, 2.05) is 51.1 Å². The molecule has 2 N–H and O–H groups in total. The predicted molar refractivity (Wildman–Crippen MR) is 81.1 cm³/mol. The lowest BCUT2D eigenvalue weighted by atomic mass is 9.96. The molecule has 2 unspecified atom stereocenters. The quantitative estimate of drug-likeness (QED) is 0.646. The molecule has 0 spiro atoms. The number of aliphatic hydroxyl groups is 1. The van der Waals surface area contributed by atoms with Crippen LogP contribution < -0.4 is 10.1 Å². The Hall–Kier alpha value is -1.10. The van der Waals surface area contributed by atoms with E-state index in [1.54, 1.807) is 0 Å². The molecule has 1 aromatic carbocycles. The maximum Gasteiger partial charge on any atom is 0.119 e. The van der Waals surface area contributed by atoms with Crippen LogP contribution in [0, 0.1) is 0 Å². The second kappa shape index (κ2) is 8.95. The Kier molecular flexibility index (Phi) is 7.59. The fourth-order valence-corrected chi connectivity index (χ4v) is 2.24. The van der Waals surface area contributed by atoms with Crippen LogP contribution in [0.4, 0.5) is 0 Å². The first-order valence-corrected chi connectivity index (χ1v) is 7.25. The molecule has 0 heterocycles. The number of nitrogens with one attached hydrogen (secondary N) is 1. The molecular weight excluding hydrogens is 254 g/mol. The van der Waals surface area contributed by atoms with E-state index in [9.17, 15) is 5.11 Å². The number of aliphatic hydroxyl groups excluding tert-OH is 1. The second-order valence-corrected chi connectivity index (χ2v) is 5.30. The summed E-state index contributed by atoms with van der Waals surface area (Å²) in [6.45, 7) is 8.09. The van der Waals surface area contributed by atoms with Gasteiger partial charge in [0, 0.05) is 5.54 Å². The van der Waals surface area contributed by atoms with Crippen molar-refractivity contribution in [1.29, 1.82) is 0 Å². The van der Waals surface area contributed by atoms with Crippen LogP contribution in [-0.4, -0.2) is 43.1 Å². The third-order valence-corrected chi connectivity index (χ3v) is 3.19. The molecule has 0 aliphatic heterocycles. The first-order chi connectivity index (χ1) is 9.59. The average Bonchev–Trinajstić information content (AvgIpc) is 2.45. The molecule has 0 radical (unpaired) electrons. The Morgan fingerprint density at radius 3 is 2.55 bits per heavy atom. The van der Waals surface area contributed by atoms with Gasteiger partial charge in [-0.05, 0) is 38.9 Å². The molecule has 0 aromatic heterocycles. The lowest BCUT2D eigenvalue weighted by Gasteiger charge is -2.31. The van der Waals surface area contributed by atoms with Crippen LogP contribution in [0.1, 0.15) is 27.2 Å². The maximum absolute atomic E-state index is 9.44. The zero-order valence-electron chi connectivity index (χ0n) is 12.8. The zero-order chi connectivity index (χ0) is 14.8. The number of hydrogen-bond donors (Lipinski definition) is 2. The topological polar surface area (TPSA) is 50.7 Å². The van der Waals surface area contributed by atoms with Gasteiger partial charge in [-0.1, -0.05) is 25.1 Å². The molecule has 4 nitrogen and oxygen atoms in total. The molecule has 20 heavy (non-hydrogen) atoms. The molecule has 2 atom stereocenters. The molecule has 0 aliphatic rings. The highest BCUT2D eigenvalue weighted by atomic mass is 16.5. The fourth-order valence-electron chi connectivity index (χ4n) is 2.24. The highest BCUT2D eigenvalue weighted by Gasteiger charge is 2.24. The van der Waals surface area contributed by atoms with Gasteiger partial charge in [-0.3, -0.25) is 0 Å². The van der Waals surface area contributed by atoms with Crippen LogP contribution in [0.3, 0.4) is 0 Å². The van der Waals surface area contributed by atoms with Gasteiger partial charge < -0.3 is 19.9 Å². The van der Waals surface area contributed by atoms with Crippen molar-refractivity contribution in [2.24, 2.45) is 0 Å². The van der Waals surface area contributed by atoms with Gasteiger partial charge in [0.15, 0.2) is 0 Å². The molecule has 1 rings (SSSR count). The summed E-state index contributed by atoms with van der Waals surface area (Å²) >= 11 is 0. The molecule has 4 heteroatoms. The van der Waals surface area contributed by atoms with Gasteiger partial charge >= 0.3 is 0 Å². The van der Waals surface area contributed by atoms with Crippen molar-refractivity contribution in [3.8, 4) is 5.75 Å². The Morgan fingerprint density at radius 2 is 1.95 bits per heavy atom. The van der Waals surface area contributed by atoms with E-state index >= 15 is 0 Å². The Balaban J connectivity index is 2.21. The van der Waals surface area contributed by atoms with Gasteiger partial charge in [-0.15, -0.1) is 0 Å². The monoisotopic (exact) mass is 281 g/mol. The number of likely N-dealkylation sites (N-methyl/N-ethyl adjacent to an activating group) is 1. The minimum absolute atomic E-state index is 0.0746. The van der Waals surface area contributed by atoms with E-state index in [0.29, 0.717) is 13.2 Å².